The van der Waals surface area contributed by atoms with E-state index in [1.165, 1.54) is 0 Å². The van der Waals surface area contributed by atoms with Crippen LogP contribution in [0.4, 0.5) is 23.7 Å². The standard InChI is InChI=1S/C16H13F3N2O3/c17-16(18,19)11-7-4-8-12(13(11)14(22)23)21(15(20)24)9-10-5-2-1-3-6-10/h1-8H,9H2,(H2,20,24)(H,22,23). The molecule has 0 saturated heterocycles. The van der Waals surface area contributed by atoms with Crippen LogP contribution in [0, 0.1) is 0 Å². The predicted octanol–water partition coefficient (Wildman–Crippen LogP) is 3.49. The molecule has 5 nitrogen and oxygen atoms in total. The number of hydrogen-bond donors (Lipinski definition) is 2. The van der Waals surface area contributed by atoms with Gasteiger partial charge < -0.3 is 10.8 Å². The molecule has 0 fully saturated rings. The number of aromatic carboxylic acids is 1. The van der Waals surface area contributed by atoms with Gasteiger partial charge in [-0.15, -0.1) is 0 Å². The third-order valence-corrected chi connectivity index (χ3v) is 3.30. The molecule has 0 aliphatic heterocycles. The van der Waals surface area contributed by atoms with Crippen LogP contribution in [0.25, 0.3) is 0 Å². The second-order valence-corrected chi connectivity index (χ2v) is 4.91. The number of hydrogen-bond acceptors (Lipinski definition) is 2. The average Bonchev–Trinajstić information content (AvgIpc) is 2.51. The third-order valence-electron chi connectivity index (χ3n) is 3.30. The molecule has 0 spiro atoms. The largest absolute Gasteiger partial charge is 0.478 e. The topological polar surface area (TPSA) is 83.6 Å². The van der Waals surface area contributed by atoms with E-state index in [9.17, 15) is 27.9 Å². The first-order chi connectivity index (χ1) is 11.2. The molecule has 0 atom stereocenters. The minimum absolute atomic E-state index is 0.155. The normalized spacial score (nSPS) is 11.1. The Bertz CT molecular complexity index is 761. The lowest BCUT2D eigenvalue weighted by molar-refractivity contribution is -0.138. The number of primary amides is 1. The van der Waals surface area contributed by atoms with Gasteiger partial charge in [-0.2, -0.15) is 13.2 Å². The summed E-state index contributed by atoms with van der Waals surface area (Å²) in [5.41, 5.74) is 3.08. The van der Waals surface area contributed by atoms with Crippen LogP contribution < -0.4 is 10.6 Å². The van der Waals surface area contributed by atoms with Crippen LogP contribution in [-0.4, -0.2) is 17.1 Å². The minimum Gasteiger partial charge on any atom is -0.478 e. The maximum Gasteiger partial charge on any atom is 0.417 e. The first-order valence-corrected chi connectivity index (χ1v) is 6.76. The molecule has 8 heteroatoms. The highest BCUT2D eigenvalue weighted by atomic mass is 19.4. The highest BCUT2D eigenvalue weighted by Gasteiger charge is 2.37. The summed E-state index contributed by atoms with van der Waals surface area (Å²) >= 11 is 0. The number of carboxylic acid groups (broad SMARTS) is 1. The molecule has 2 amide bonds. The van der Waals surface area contributed by atoms with Crippen molar-refractivity contribution in [2.45, 2.75) is 12.7 Å². The number of halogens is 3. The Morgan fingerprint density at radius 3 is 2.17 bits per heavy atom. The fraction of sp³-hybridized carbons (Fsp3) is 0.125. The van der Waals surface area contributed by atoms with E-state index in [0.717, 1.165) is 17.0 Å². The van der Waals surface area contributed by atoms with Gasteiger partial charge in [0.2, 0.25) is 0 Å². The lowest BCUT2D eigenvalue weighted by atomic mass is 10.0. The zero-order valence-electron chi connectivity index (χ0n) is 12.2. The first kappa shape index (κ1) is 17.3. The van der Waals surface area contributed by atoms with Crippen LogP contribution in [0.1, 0.15) is 21.5 Å². The summed E-state index contributed by atoms with van der Waals surface area (Å²) in [7, 11) is 0. The molecule has 0 bridgehead atoms. The summed E-state index contributed by atoms with van der Waals surface area (Å²) in [6.07, 6.45) is -4.88. The van der Waals surface area contributed by atoms with E-state index in [-0.39, 0.29) is 6.54 Å². The number of amides is 2. The molecule has 0 unspecified atom stereocenters. The number of urea groups is 1. The maximum atomic E-state index is 13.1. The lowest BCUT2D eigenvalue weighted by Gasteiger charge is -2.24. The highest BCUT2D eigenvalue weighted by Crippen LogP contribution is 2.36. The number of anilines is 1. The van der Waals surface area contributed by atoms with Crippen molar-refractivity contribution < 1.29 is 27.9 Å². The molecule has 126 valence electrons. The van der Waals surface area contributed by atoms with Crippen molar-refractivity contribution in [1.82, 2.24) is 0 Å². The van der Waals surface area contributed by atoms with Crippen LogP contribution in [-0.2, 0) is 12.7 Å². The fourth-order valence-electron chi connectivity index (χ4n) is 2.27. The Kier molecular flexibility index (Phi) is 4.77. The van der Waals surface area contributed by atoms with Gasteiger partial charge in [0.25, 0.3) is 0 Å². The summed E-state index contributed by atoms with van der Waals surface area (Å²) in [6.45, 7) is -0.155. The molecule has 0 saturated carbocycles. The molecule has 2 aromatic rings. The van der Waals surface area contributed by atoms with Gasteiger partial charge in [-0.25, -0.2) is 9.59 Å². The quantitative estimate of drug-likeness (QED) is 0.895. The molecule has 2 rings (SSSR count). The Morgan fingerprint density at radius 1 is 1.04 bits per heavy atom. The van der Waals surface area contributed by atoms with Crippen molar-refractivity contribution in [3.8, 4) is 0 Å². The van der Waals surface area contributed by atoms with Crippen molar-refractivity contribution in [3.63, 3.8) is 0 Å². The maximum absolute atomic E-state index is 13.1. The van der Waals surface area contributed by atoms with E-state index in [1.807, 2.05) is 0 Å². The van der Waals surface area contributed by atoms with Crippen LogP contribution in [0.15, 0.2) is 48.5 Å². The number of rotatable bonds is 4. The summed E-state index contributed by atoms with van der Waals surface area (Å²) in [6, 6.07) is 10.1. The van der Waals surface area contributed by atoms with Crippen molar-refractivity contribution in [2.24, 2.45) is 5.73 Å². The van der Waals surface area contributed by atoms with E-state index >= 15 is 0 Å². The molecule has 24 heavy (non-hydrogen) atoms. The molecule has 2 aromatic carbocycles. The zero-order chi connectivity index (χ0) is 17.9. The Morgan fingerprint density at radius 2 is 1.67 bits per heavy atom. The van der Waals surface area contributed by atoms with Gasteiger partial charge >= 0.3 is 18.2 Å². The van der Waals surface area contributed by atoms with Crippen LogP contribution in [0.2, 0.25) is 0 Å². The van der Waals surface area contributed by atoms with E-state index in [0.29, 0.717) is 11.6 Å². The Balaban J connectivity index is 2.58. The summed E-state index contributed by atoms with van der Waals surface area (Å²) < 4.78 is 39.2. The van der Waals surface area contributed by atoms with E-state index in [1.54, 1.807) is 30.3 Å². The smallest absolute Gasteiger partial charge is 0.417 e. The Labute approximate surface area is 135 Å². The van der Waals surface area contributed by atoms with Crippen LogP contribution in [0.3, 0.4) is 0 Å². The summed E-state index contributed by atoms with van der Waals surface area (Å²) in [5.74, 6) is -1.79. The lowest BCUT2D eigenvalue weighted by Crippen LogP contribution is -2.36. The van der Waals surface area contributed by atoms with Gasteiger partial charge in [0.05, 0.1) is 23.4 Å². The van der Waals surface area contributed by atoms with Gasteiger partial charge in [-0.1, -0.05) is 36.4 Å². The van der Waals surface area contributed by atoms with E-state index < -0.39 is 35.0 Å². The number of nitrogens with zero attached hydrogens (tertiary/aromatic N) is 1. The molecule has 0 aliphatic rings. The van der Waals surface area contributed by atoms with Crippen molar-refractivity contribution in [3.05, 3.63) is 65.2 Å². The summed E-state index contributed by atoms with van der Waals surface area (Å²) in [5, 5.41) is 9.23. The number of carbonyl (C=O) groups excluding carboxylic acids is 1. The van der Waals surface area contributed by atoms with Crippen molar-refractivity contribution >= 4 is 17.7 Å². The fourth-order valence-corrected chi connectivity index (χ4v) is 2.27. The van der Waals surface area contributed by atoms with Gasteiger partial charge in [0.1, 0.15) is 0 Å². The number of carbonyl (C=O) groups is 2. The molecule has 0 aliphatic carbocycles. The predicted molar refractivity (Wildman–Crippen MR) is 80.6 cm³/mol. The molecular weight excluding hydrogens is 325 g/mol. The number of carboxylic acids is 1. The average molecular weight is 338 g/mol. The molecule has 0 aromatic heterocycles. The second kappa shape index (κ2) is 6.61. The van der Waals surface area contributed by atoms with E-state index in [4.69, 9.17) is 5.73 Å². The zero-order valence-corrected chi connectivity index (χ0v) is 12.2. The highest BCUT2D eigenvalue weighted by molar-refractivity contribution is 6.02. The number of benzene rings is 2. The van der Waals surface area contributed by atoms with Gasteiger partial charge in [0, 0.05) is 0 Å². The Hall–Kier alpha value is -3.03. The minimum atomic E-state index is -4.88. The van der Waals surface area contributed by atoms with Crippen molar-refractivity contribution in [1.29, 1.82) is 0 Å². The van der Waals surface area contributed by atoms with Gasteiger partial charge in [-0.05, 0) is 17.7 Å². The van der Waals surface area contributed by atoms with Gasteiger partial charge in [0.15, 0.2) is 0 Å². The molecule has 0 heterocycles. The number of nitrogens with two attached hydrogens (primary N) is 1. The van der Waals surface area contributed by atoms with Crippen molar-refractivity contribution in [2.75, 3.05) is 4.90 Å². The summed E-state index contributed by atoms with van der Waals surface area (Å²) in [4.78, 5) is 23.9. The van der Waals surface area contributed by atoms with Crippen LogP contribution >= 0.6 is 0 Å². The molecule has 0 radical (unpaired) electrons. The van der Waals surface area contributed by atoms with E-state index in [2.05, 4.69) is 0 Å². The molecular formula is C16H13F3N2O3. The third kappa shape index (κ3) is 3.65. The second-order valence-electron chi connectivity index (χ2n) is 4.91. The SMILES string of the molecule is NC(=O)N(Cc1ccccc1)c1cccc(C(F)(F)F)c1C(=O)O. The number of alkyl halides is 3. The molecule has 3 N–H and O–H groups in total. The monoisotopic (exact) mass is 338 g/mol. The van der Waals surface area contributed by atoms with Crippen LogP contribution in [0.5, 0.6) is 0 Å². The first-order valence-electron chi connectivity index (χ1n) is 6.76. The van der Waals surface area contributed by atoms with Gasteiger partial charge in [-0.3, -0.25) is 4.90 Å².